The molecule has 430 valence electrons. The molecule has 0 unspecified atom stereocenters. The number of ether oxygens (including phenoxy) is 3. The van der Waals surface area contributed by atoms with Crippen LogP contribution in [-0.2, 0) is 20.9 Å². The highest BCUT2D eigenvalue weighted by atomic mass is 32.1. The number of halogens is 3. The van der Waals surface area contributed by atoms with Crippen LogP contribution in [0.5, 0.6) is 11.8 Å². The zero-order chi connectivity index (χ0) is 57.5. The van der Waals surface area contributed by atoms with Gasteiger partial charge in [0.2, 0.25) is 11.8 Å². The number of hydrogen-bond acceptors (Lipinski definition) is 16. The Morgan fingerprint density at radius 3 is 2.43 bits per heavy atom. The first-order valence-electron chi connectivity index (χ1n) is 27.5. The summed E-state index contributed by atoms with van der Waals surface area (Å²) < 4.78 is 63.6. The molecule has 3 fully saturated rings. The molecule has 1 saturated carbocycles. The fourth-order valence-electron chi connectivity index (χ4n) is 11.3. The van der Waals surface area contributed by atoms with Gasteiger partial charge < -0.3 is 44.9 Å². The Morgan fingerprint density at radius 1 is 0.988 bits per heavy atom. The van der Waals surface area contributed by atoms with Crippen LogP contribution in [0.3, 0.4) is 0 Å². The summed E-state index contributed by atoms with van der Waals surface area (Å²) >= 11 is 1.53. The molecular formula is C59H65F3N12O7S. The number of aliphatic hydroxyl groups excluding tert-OH is 2. The normalized spacial score (nSPS) is 18.5. The number of aromatic amines is 1. The number of nitrogens with one attached hydrogen (secondary N) is 3. The maximum atomic E-state index is 16.1. The number of benzene rings is 4. The number of aliphatic hydroxyl groups is 2. The molecule has 0 bridgehead atoms. The number of alkyl halides is 2. The van der Waals surface area contributed by atoms with E-state index in [4.69, 9.17) is 24.2 Å². The molecule has 23 heteroatoms. The number of anilines is 1. The Balaban J connectivity index is 0.878. The molecular weight excluding hydrogens is 1080 g/mol. The van der Waals surface area contributed by atoms with Gasteiger partial charge in [-0.05, 0) is 91.4 Å². The van der Waals surface area contributed by atoms with Crippen LogP contribution in [-0.4, -0.2) is 145 Å². The summed E-state index contributed by atoms with van der Waals surface area (Å²) in [5, 5.41) is 45.1. The molecule has 82 heavy (non-hydrogen) atoms. The number of amides is 2. The molecule has 11 rings (SSSR count). The van der Waals surface area contributed by atoms with Crippen LogP contribution in [0.2, 0.25) is 0 Å². The summed E-state index contributed by atoms with van der Waals surface area (Å²) in [6.45, 7) is 7.95. The topological polar surface area (TPSA) is 231 Å². The smallest absolute Gasteiger partial charge is 0.319 e. The number of H-pyrrole nitrogens is 1. The fraction of sp³-hybridized carbons (Fsp3) is 0.424. The third-order valence-corrected chi connectivity index (χ3v) is 17.0. The predicted molar refractivity (Wildman–Crippen MR) is 303 cm³/mol. The van der Waals surface area contributed by atoms with E-state index in [1.54, 1.807) is 24.8 Å². The van der Waals surface area contributed by atoms with Crippen molar-refractivity contribution < 1.29 is 47.2 Å². The monoisotopic (exact) mass is 1140 g/mol. The van der Waals surface area contributed by atoms with E-state index < -0.39 is 61.0 Å². The van der Waals surface area contributed by atoms with Crippen molar-refractivity contribution in [3.63, 3.8) is 0 Å². The SMILES string of the molecule is CO[C@H](COc1nc(N(C)[C@H]2CCNC2)c2cc(C3CC3)c(-c3c(C)c(F)cc4[nH]ncc34)c(OCc3ccc(-c4cn([C@H](C(=O)N5C[C@H](O)C[C@H]5C(=O)N[C@@H](CO)c5ccc(-c6scnc6C)cc5)C(C)C)nn4)cc3)c2n1)C(F)F. The third-order valence-electron chi connectivity index (χ3n) is 16.0. The molecule has 6 atom stereocenters. The van der Waals surface area contributed by atoms with Crippen molar-refractivity contribution in [2.75, 3.05) is 51.9 Å². The molecule has 8 aromatic rings. The average molecular weight is 1140 g/mol. The predicted octanol–water partition coefficient (Wildman–Crippen LogP) is 8.23. The Morgan fingerprint density at radius 2 is 1.76 bits per heavy atom. The summed E-state index contributed by atoms with van der Waals surface area (Å²) in [5.74, 6) is -0.684. The highest BCUT2D eigenvalue weighted by Crippen LogP contribution is 2.53. The van der Waals surface area contributed by atoms with E-state index in [2.05, 4.69) is 47.1 Å². The van der Waals surface area contributed by atoms with Crippen molar-refractivity contribution in [1.29, 1.82) is 0 Å². The summed E-state index contributed by atoms with van der Waals surface area (Å²) in [5.41, 5.74) is 9.63. The lowest BCUT2D eigenvalue weighted by atomic mass is 9.88. The highest BCUT2D eigenvalue weighted by Gasteiger charge is 2.43. The molecule has 3 aliphatic rings. The second kappa shape index (κ2) is 23.7. The third kappa shape index (κ3) is 11.2. The molecule has 4 aromatic heterocycles. The Kier molecular flexibility index (Phi) is 16.3. The van der Waals surface area contributed by atoms with Crippen LogP contribution < -0.4 is 25.0 Å². The summed E-state index contributed by atoms with van der Waals surface area (Å²) in [6, 6.07) is 15.7. The minimum absolute atomic E-state index is 0.0139. The van der Waals surface area contributed by atoms with Crippen LogP contribution in [0.15, 0.2) is 78.6 Å². The van der Waals surface area contributed by atoms with Crippen molar-refractivity contribution in [3.05, 3.63) is 112 Å². The quantitative estimate of drug-likeness (QED) is 0.0456. The molecule has 6 heterocycles. The molecule has 4 aromatic carbocycles. The lowest BCUT2D eigenvalue weighted by molar-refractivity contribution is -0.142. The van der Waals surface area contributed by atoms with Crippen molar-refractivity contribution in [2.45, 2.75) is 109 Å². The number of thiazole rings is 1. The van der Waals surface area contributed by atoms with E-state index in [1.807, 2.05) is 76.3 Å². The van der Waals surface area contributed by atoms with Crippen LogP contribution in [0.1, 0.15) is 85.5 Å². The average Bonchev–Trinajstić information content (AvgIpc) is 4.21. The maximum Gasteiger partial charge on any atom is 0.319 e. The van der Waals surface area contributed by atoms with Crippen molar-refractivity contribution in [2.24, 2.45) is 5.92 Å². The second-order valence-electron chi connectivity index (χ2n) is 21.8. The molecule has 0 radical (unpaired) electrons. The largest absolute Gasteiger partial charge is 0.486 e. The number of fused-ring (bicyclic) bond motifs is 2. The second-order valence-corrected chi connectivity index (χ2v) is 22.7. The van der Waals surface area contributed by atoms with Crippen molar-refractivity contribution in [1.82, 2.24) is 55.7 Å². The van der Waals surface area contributed by atoms with Gasteiger partial charge in [0.1, 0.15) is 48.1 Å². The minimum atomic E-state index is -2.83. The number of aromatic nitrogens is 8. The number of β-amino-alcohol motifs (C(OH)–C–C–N with tert-alkyl or cyclic N) is 1. The van der Waals surface area contributed by atoms with Crippen LogP contribution >= 0.6 is 11.3 Å². The van der Waals surface area contributed by atoms with E-state index in [9.17, 15) is 28.6 Å². The molecule has 2 amide bonds. The molecule has 19 nitrogen and oxygen atoms in total. The standard InChI is InChI=1S/C59H65F3N12O7S/c1-30(2)52(58(78)73-24-39(76)19-47(73)57(77)66-46(26-75)36-13-15-37(16-14-36)54-32(4)64-29-82-54)74-25-45(70-71-74)35-9-7-33(8-10-35)27-80-53-50(49-31(3)43(60)21-44-42(49)23-65-69-44)40(34-11-12-34)20-41-51(53)67-59(81-28-48(79-6)55(61)62)68-56(41)72(5)38-17-18-63-22-38/h7-10,13-16,20-21,23,25,29-30,34,38-39,46-48,52,55,63,75-76H,11-12,17-19,22,24,26-28H2,1-6H3,(H,65,69)(H,66,77)/t38-,39+,46-,47-,48+,52-/m0/s1. The Hall–Kier alpha value is -7.57. The molecule has 2 saturated heterocycles. The van der Waals surface area contributed by atoms with Gasteiger partial charge in [0.25, 0.3) is 6.43 Å². The number of carbonyl (C=O) groups is 2. The molecule has 2 aliphatic heterocycles. The van der Waals surface area contributed by atoms with E-state index in [0.29, 0.717) is 73.4 Å². The summed E-state index contributed by atoms with van der Waals surface area (Å²) in [4.78, 5) is 47.2. The van der Waals surface area contributed by atoms with E-state index in [-0.39, 0.29) is 50.1 Å². The summed E-state index contributed by atoms with van der Waals surface area (Å²) in [7, 11) is 3.13. The number of methoxy groups -OCH3 is 1. The number of carbonyl (C=O) groups excluding carboxylic acids is 2. The first kappa shape index (κ1) is 56.3. The number of nitrogens with zero attached hydrogens (tertiary/aromatic N) is 9. The molecule has 1 aliphatic carbocycles. The van der Waals surface area contributed by atoms with Gasteiger partial charge in [-0.15, -0.1) is 16.4 Å². The number of hydrogen-bond donors (Lipinski definition) is 5. The number of likely N-dealkylation sites (N-methyl/N-ethyl adjacent to an activating group) is 1. The van der Waals surface area contributed by atoms with Crippen LogP contribution in [0.25, 0.3) is 54.6 Å². The Bertz CT molecular complexity index is 3610. The fourth-order valence-corrected chi connectivity index (χ4v) is 12.1. The summed E-state index contributed by atoms with van der Waals surface area (Å²) in [6.07, 6.45) is 0.658. The molecule has 0 spiro atoms. The van der Waals surface area contributed by atoms with Gasteiger partial charge in [-0.25, -0.2) is 22.8 Å². The minimum Gasteiger partial charge on any atom is -0.486 e. The zero-order valence-electron chi connectivity index (χ0n) is 46.3. The first-order valence-corrected chi connectivity index (χ1v) is 28.4. The maximum absolute atomic E-state index is 16.1. The van der Waals surface area contributed by atoms with Gasteiger partial charge in [0, 0.05) is 67.2 Å². The van der Waals surface area contributed by atoms with Gasteiger partial charge in [0.05, 0.1) is 52.7 Å². The lowest BCUT2D eigenvalue weighted by Gasteiger charge is -2.30. The number of rotatable bonds is 21. The highest BCUT2D eigenvalue weighted by molar-refractivity contribution is 7.13. The van der Waals surface area contributed by atoms with Gasteiger partial charge in [0.15, 0.2) is 11.9 Å². The van der Waals surface area contributed by atoms with Crippen LogP contribution in [0, 0.1) is 25.6 Å². The number of likely N-dealkylation sites (tertiary alicyclic amines) is 1. The lowest BCUT2D eigenvalue weighted by Crippen LogP contribution is -2.50. The van der Waals surface area contributed by atoms with E-state index in [0.717, 1.165) is 53.1 Å². The van der Waals surface area contributed by atoms with Crippen molar-refractivity contribution >= 4 is 50.8 Å². The van der Waals surface area contributed by atoms with Gasteiger partial charge in [-0.1, -0.05) is 67.6 Å². The zero-order valence-corrected chi connectivity index (χ0v) is 47.1. The van der Waals surface area contributed by atoms with Gasteiger partial charge in [-0.2, -0.15) is 15.1 Å². The Labute approximate surface area is 475 Å². The van der Waals surface area contributed by atoms with E-state index in [1.165, 1.54) is 34.1 Å². The van der Waals surface area contributed by atoms with E-state index >= 15 is 4.39 Å². The number of aryl methyl sites for hydroxylation is 1. The van der Waals surface area contributed by atoms with Crippen molar-refractivity contribution in [3.8, 4) is 44.6 Å². The van der Waals surface area contributed by atoms with Gasteiger partial charge in [-0.3, -0.25) is 14.7 Å². The van der Waals surface area contributed by atoms with Crippen LogP contribution in [0.4, 0.5) is 19.0 Å². The molecule has 5 N–H and O–H groups in total. The van der Waals surface area contributed by atoms with Gasteiger partial charge >= 0.3 is 6.01 Å². The first-order chi connectivity index (χ1) is 39.6.